The molecule has 2 aromatic rings. The van der Waals surface area contributed by atoms with Gasteiger partial charge in [-0.15, -0.1) is 5.10 Å². The van der Waals surface area contributed by atoms with Gasteiger partial charge in [0.05, 0.1) is 0 Å². The lowest BCUT2D eigenvalue weighted by atomic mass is 10.3. The predicted molar refractivity (Wildman–Crippen MR) is 55.0 cm³/mol. The highest BCUT2D eigenvalue weighted by Crippen LogP contribution is 2.25. The van der Waals surface area contributed by atoms with Gasteiger partial charge in [0.1, 0.15) is 5.03 Å². The van der Waals surface area contributed by atoms with Crippen molar-refractivity contribution < 1.29 is 0 Å². The third-order valence-corrected chi connectivity index (χ3v) is 2.93. The van der Waals surface area contributed by atoms with Crippen LogP contribution < -0.4 is 5.73 Å². The van der Waals surface area contributed by atoms with Gasteiger partial charge >= 0.3 is 0 Å². The van der Waals surface area contributed by atoms with E-state index in [0.29, 0.717) is 11.7 Å². The van der Waals surface area contributed by atoms with E-state index in [-0.39, 0.29) is 0 Å². The van der Waals surface area contributed by atoms with Crippen molar-refractivity contribution in [1.82, 2.24) is 25.2 Å². The van der Waals surface area contributed by atoms with E-state index in [9.17, 15) is 0 Å². The molecule has 0 aliphatic carbocycles. The second kappa shape index (κ2) is 4.37. The Kier molecular flexibility index (Phi) is 2.93. The molecular formula is C8H10N6S. The van der Waals surface area contributed by atoms with Gasteiger partial charge in [-0.05, 0) is 33.8 Å². The SMILES string of the molecule is Cn1nnnc1Sc1ncccc1CN. The smallest absolute Gasteiger partial charge is 0.215 e. The highest BCUT2D eigenvalue weighted by atomic mass is 32.2. The standard InChI is InChI=1S/C8H10N6S/c1-14-8(11-12-13-14)15-7-6(5-9)3-2-4-10-7/h2-4H,5,9H2,1H3. The van der Waals surface area contributed by atoms with Crippen LogP contribution in [0.25, 0.3) is 0 Å². The summed E-state index contributed by atoms with van der Waals surface area (Å²) in [6.07, 6.45) is 1.73. The summed E-state index contributed by atoms with van der Waals surface area (Å²) in [5.41, 5.74) is 6.60. The van der Waals surface area contributed by atoms with E-state index in [1.54, 1.807) is 17.9 Å². The molecule has 0 atom stereocenters. The lowest BCUT2D eigenvalue weighted by Crippen LogP contribution is -2.00. The molecular weight excluding hydrogens is 212 g/mol. The maximum absolute atomic E-state index is 5.61. The van der Waals surface area contributed by atoms with Gasteiger partial charge in [-0.3, -0.25) is 0 Å². The summed E-state index contributed by atoms with van der Waals surface area (Å²) in [5.74, 6) is 0. The number of pyridine rings is 1. The van der Waals surface area contributed by atoms with Crippen molar-refractivity contribution in [2.75, 3.05) is 0 Å². The first-order valence-corrected chi connectivity index (χ1v) is 5.17. The van der Waals surface area contributed by atoms with Crippen LogP contribution in [0.3, 0.4) is 0 Å². The summed E-state index contributed by atoms with van der Waals surface area (Å²) < 4.78 is 1.60. The van der Waals surface area contributed by atoms with Crippen molar-refractivity contribution in [2.45, 2.75) is 16.7 Å². The third-order valence-electron chi connectivity index (χ3n) is 1.84. The number of nitrogens with two attached hydrogens (primary N) is 1. The van der Waals surface area contributed by atoms with Gasteiger partial charge < -0.3 is 5.73 Å². The van der Waals surface area contributed by atoms with Gasteiger partial charge in [-0.1, -0.05) is 6.07 Å². The van der Waals surface area contributed by atoms with E-state index >= 15 is 0 Å². The fourth-order valence-electron chi connectivity index (χ4n) is 1.07. The summed E-state index contributed by atoms with van der Waals surface area (Å²) >= 11 is 1.41. The first-order valence-electron chi connectivity index (χ1n) is 4.35. The van der Waals surface area contributed by atoms with Crippen LogP contribution in [0.15, 0.2) is 28.5 Å². The minimum Gasteiger partial charge on any atom is -0.326 e. The van der Waals surface area contributed by atoms with E-state index in [0.717, 1.165) is 10.6 Å². The average Bonchev–Trinajstić information content (AvgIpc) is 2.65. The highest BCUT2D eigenvalue weighted by molar-refractivity contribution is 7.99. The van der Waals surface area contributed by atoms with Crippen LogP contribution in [0.1, 0.15) is 5.56 Å². The molecule has 2 aromatic heterocycles. The van der Waals surface area contributed by atoms with E-state index in [1.165, 1.54) is 11.8 Å². The molecule has 2 rings (SSSR count). The molecule has 0 saturated carbocycles. The van der Waals surface area contributed by atoms with Crippen LogP contribution in [0.5, 0.6) is 0 Å². The van der Waals surface area contributed by atoms with Crippen LogP contribution in [-0.4, -0.2) is 25.2 Å². The zero-order valence-corrected chi connectivity index (χ0v) is 8.98. The van der Waals surface area contributed by atoms with Gasteiger partial charge in [-0.2, -0.15) is 0 Å². The molecule has 2 heterocycles. The summed E-state index contributed by atoms with van der Waals surface area (Å²) in [6.45, 7) is 0.460. The van der Waals surface area contributed by atoms with Crippen LogP contribution >= 0.6 is 11.8 Å². The summed E-state index contributed by atoms with van der Waals surface area (Å²) in [5, 5.41) is 12.7. The summed E-state index contributed by atoms with van der Waals surface area (Å²) in [6, 6.07) is 3.81. The number of aromatic nitrogens is 5. The number of aryl methyl sites for hydroxylation is 1. The molecule has 0 amide bonds. The molecule has 0 aliphatic rings. The molecule has 78 valence electrons. The van der Waals surface area contributed by atoms with E-state index < -0.39 is 0 Å². The summed E-state index contributed by atoms with van der Waals surface area (Å²) in [4.78, 5) is 4.24. The molecule has 15 heavy (non-hydrogen) atoms. The quantitative estimate of drug-likeness (QED) is 0.799. The van der Waals surface area contributed by atoms with Crippen molar-refractivity contribution >= 4 is 11.8 Å². The van der Waals surface area contributed by atoms with Crippen LogP contribution in [0.2, 0.25) is 0 Å². The van der Waals surface area contributed by atoms with Gasteiger partial charge in [0.25, 0.3) is 0 Å². The van der Waals surface area contributed by atoms with Gasteiger partial charge in [0.2, 0.25) is 5.16 Å². The predicted octanol–water partition coefficient (Wildman–Crippen LogP) is 0.215. The van der Waals surface area contributed by atoms with E-state index in [2.05, 4.69) is 20.5 Å². The number of rotatable bonds is 3. The third kappa shape index (κ3) is 2.13. The minimum atomic E-state index is 0.460. The Hall–Kier alpha value is -1.47. The van der Waals surface area contributed by atoms with E-state index in [1.807, 2.05) is 12.1 Å². The normalized spacial score (nSPS) is 10.5. The van der Waals surface area contributed by atoms with Gasteiger partial charge in [0.15, 0.2) is 0 Å². The molecule has 0 radical (unpaired) electrons. The first-order chi connectivity index (χ1) is 7.31. The molecule has 2 N–H and O–H groups in total. The molecule has 0 spiro atoms. The fourth-order valence-corrected chi connectivity index (χ4v) is 1.88. The first kappa shape index (κ1) is 10.1. The molecule has 6 nitrogen and oxygen atoms in total. The number of hydrogen-bond acceptors (Lipinski definition) is 6. The molecule has 0 aliphatic heterocycles. The lowest BCUT2D eigenvalue weighted by molar-refractivity contribution is 0.664. The maximum atomic E-state index is 5.61. The second-order valence-electron chi connectivity index (χ2n) is 2.86. The fraction of sp³-hybridized carbons (Fsp3) is 0.250. The van der Waals surface area contributed by atoms with Crippen molar-refractivity contribution in [3.8, 4) is 0 Å². The van der Waals surface area contributed by atoms with Gasteiger partial charge in [0, 0.05) is 19.8 Å². The molecule has 0 aromatic carbocycles. The number of nitrogens with zero attached hydrogens (tertiary/aromatic N) is 5. The Morgan fingerprint density at radius 1 is 1.53 bits per heavy atom. The Labute approximate surface area is 90.9 Å². The monoisotopic (exact) mass is 222 g/mol. The lowest BCUT2D eigenvalue weighted by Gasteiger charge is -2.03. The van der Waals surface area contributed by atoms with Crippen molar-refractivity contribution in [2.24, 2.45) is 12.8 Å². The molecule has 7 heteroatoms. The summed E-state index contributed by atoms with van der Waals surface area (Å²) in [7, 11) is 1.79. The Balaban J connectivity index is 2.28. The highest BCUT2D eigenvalue weighted by Gasteiger charge is 2.08. The maximum Gasteiger partial charge on any atom is 0.215 e. The van der Waals surface area contributed by atoms with Gasteiger partial charge in [-0.25, -0.2) is 9.67 Å². The molecule has 0 unspecified atom stereocenters. The van der Waals surface area contributed by atoms with Crippen molar-refractivity contribution in [1.29, 1.82) is 0 Å². The van der Waals surface area contributed by atoms with Crippen molar-refractivity contribution in [3.05, 3.63) is 23.9 Å². The molecule has 0 saturated heterocycles. The topological polar surface area (TPSA) is 82.5 Å². The van der Waals surface area contributed by atoms with Crippen molar-refractivity contribution in [3.63, 3.8) is 0 Å². The van der Waals surface area contributed by atoms with E-state index in [4.69, 9.17) is 5.73 Å². The Morgan fingerprint density at radius 3 is 3.07 bits per heavy atom. The minimum absolute atomic E-state index is 0.460. The van der Waals surface area contributed by atoms with Crippen LogP contribution in [0, 0.1) is 0 Å². The largest absolute Gasteiger partial charge is 0.326 e. The average molecular weight is 222 g/mol. The number of tetrazole rings is 1. The zero-order valence-electron chi connectivity index (χ0n) is 8.16. The molecule has 0 fully saturated rings. The Morgan fingerprint density at radius 2 is 2.40 bits per heavy atom. The van der Waals surface area contributed by atoms with Crippen LogP contribution in [0.4, 0.5) is 0 Å². The molecule has 0 bridgehead atoms. The Bertz CT molecular complexity index is 454. The van der Waals surface area contributed by atoms with Crippen LogP contribution in [-0.2, 0) is 13.6 Å². The second-order valence-corrected chi connectivity index (χ2v) is 3.81. The number of hydrogen-bond donors (Lipinski definition) is 1. The zero-order chi connectivity index (χ0) is 10.7.